The lowest BCUT2D eigenvalue weighted by molar-refractivity contribution is 0.647. The van der Waals surface area contributed by atoms with Crippen molar-refractivity contribution in [3.63, 3.8) is 0 Å². The maximum Gasteiger partial charge on any atom is 0.0765 e. The van der Waals surface area contributed by atoms with Crippen molar-refractivity contribution < 1.29 is 0 Å². The zero-order valence-corrected chi connectivity index (χ0v) is 15.9. The quantitative estimate of drug-likeness (QED) is 0.652. The fourth-order valence-corrected chi connectivity index (χ4v) is 6.08. The summed E-state index contributed by atoms with van der Waals surface area (Å²) >= 11 is 7.60. The number of fused-ring (bicyclic) bond motifs is 1. The van der Waals surface area contributed by atoms with Gasteiger partial charge in [0, 0.05) is 24.0 Å². The molecule has 0 bridgehead atoms. The van der Waals surface area contributed by atoms with Gasteiger partial charge in [-0.3, -0.25) is 0 Å². The normalized spacial score (nSPS) is 16.5. The molecule has 0 aliphatic heterocycles. The number of thiophene rings is 2. The van der Waals surface area contributed by atoms with E-state index in [0.717, 1.165) is 6.54 Å². The molecule has 21 heavy (non-hydrogen) atoms. The first kappa shape index (κ1) is 15.7. The van der Waals surface area contributed by atoms with E-state index in [0.29, 0.717) is 6.04 Å². The summed E-state index contributed by atoms with van der Waals surface area (Å²) in [6.07, 6.45) is 6.68. The Hall–Kier alpha value is -0.160. The lowest BCUT2D eigenvalue weighted by atomic mass is 10.1. The van der Waals surface area contributed by atoms with Gasteiger partial charge in [0.05, 0.1) is 6.04 Å². The highest BCUT2D eigenvalue weighted by atomic mass is 79.9. The van der Waals surface area contributed by atoms with Gasteiger partial charge in [0.1, 0.15) is 0 Å². The number of hydrogen-bond donors (Lipinski definition) is 1. The van der Waals surface area contributed by atoms with Gasteiger partial charge < -0.3 is 5.32 Å². The van der Waals surface area contributed by atoms with Crippen LogP contribution in [0.5, 0.6) is 0 Å². The van der Waals surface area contributed by atoms with Crippen LogP contribution in [0.3, 0.4) is 0 Å². The minimum Gasteiger partial charge on any atom is -0.305 e. The van der Waals surface area contributed by atoms with Crippen molar-refractivity contribution in [2.24, 2.45) is 0 Å². The molecule has 2 heterocycles. The van der Waals surface area contributed by atoms with E-state index in [9.17, 15) is 0 Å². The third-order valence-electron chi connectivity index (χ3n) is 4.12. The van der Waals surface area contributed by atoms with E-state index in [-0.39, 0.29) is 0 Å². The van der Waals surface area contributed by atoms with E-state index in [1.165, 1.54) is 51.2 Å². The molecular formula is C17H22BrNS2. The molecule has 0 radical (unpaired) electrons. The summed E-state index contributed by atoms with van der Waals surface area (Å²) in [7, 11) is 0. The Kier molecular flexibility index (Phi) is 5.20. The molecule has 0 amide bonds. The molecule has 0 saturated carbocycles. The second-order valence-corrected chi connectivity index (χ2v) is 9.01. The first-order valence-electron chi connectivity index (χ1n) is 7.79. The highest BCUT2D eigenvalue weighted by molar-refractivity contribution is 9.10. The largest absolute Gasteiger partial charge is 0.305 e. The van der Waals surface area contributed by atoms with E-state index < -0.39 is 0 Å². The Morgan fingerprint density at radius 2 is 1.90 bits per heavy atom. The Morgan fingerprint density at radius 1 is 1.14 bits per heavy atom. The van der Waals surface area contributed by atoms with Crippen LogP contribution in [-0.4, -0.2) is 6.54 Å². The topological polar surface area (TPSA) is 12.0 Å². The van der Waals surface area contributed by atoms with Crippen LogP contribution in [0.4, 0.5) is 0 Å². The molecule has 1 unspecified atom stereocenters. The van der Waals surface area contributed by atoms with Crippen LogP contribution >= 0.6 is 38.6 Å². The van der Waals surface area contributed by atoms with E-state index in [1.807, 2.05) is 22.7 Å². The van der Waals surface area contributed by atoms with Crippen molar-refractivity contribution in [2.75, 3.05) is 6.54 Å². The summed E-state index contributed by atoms with van der Waals surface area (Å²) in [6, 6.07) is 5.13. The maximum atomic E-state index is 3.68. The minimum absolute atomic E-state index is 0.363. The van der Waals surface area contributed by atoms with Crippen LogP contribution in [0.15, 0.2) is 16.6 Å². The van der Waals surface area contributed by atoms with Gasteiger partial charge in [-0.1, -0.05) is 13.3 Å². The van der Waals surface area contributed by atoms with Gasteiger partial charge in [0.15, 0.2) is 0 Å². The number of rotatable bonds is 4. The summed E-state index contributed by atoms with van der Waals surface area (Å²) in [5, 5.41) is 3.68. The van der Waals surface area contributed by atoms with Gasteiger partial charge in [-0.15, -0.1) is 22.7 Å². The number of hydrogen-bond acceptors (Lipinski definition) is 3. The Labute approximate surface area is 143 Å². The zero-order chi connectivity index (χ0) is 14.8. The second-order valence-electron chi connectivity index (χ2n) is 5.70. The molecule has 1 aliphatic carbocycles. The molecular weight excluding hydrogens is 362 g/mol. The lowest BCUT2D eigenvalue weighted by Crippen LogP contribution is -2.20. The molecule has 2 aromatic heterocycles. The van der Waals surface area contributed by atoms with Gasteiger partial charge in [0.2, 0.25) is 0 Å². The first-order chi connectivity index (χ1) is 10.2. The number of aryl methyl sites for hydroxylation is 3. The predicted molar refractivity (Wildman–Crippen MR) is 97.9 cm³/mol. The average molecular weight is 384 g/mol. The molecule has 1 atom stereocenters. The smallest absolute Gasteiger partial charge is 0.0765 e. The van der Waals surface area contributed by atoms with Gasteiger partial charge in [-0.05, 0) is 72.8 Å². The van der Waals surface area contributed by atoms with Crippen molar-refractivity contribution in [3.8, 4) is 0 Å². The fourth-order valence-electron chi connectivity index (χ4n) is 3.00. The second kappa shape index (κ2) is 6.95. The van der Waals surface area contributed by atoms with E-state index in [4.69, 9.17) is 0 Å². The lowest BCUT2D eigenvalue weighted by Gasteiger charge is -2.14. The molecule has 3 rings (SSSR count). The third-order valence-corrected chi connectivity index (χ3v) is 7.62. The zero-order valence-electron chi connectivity index (χ0n) is 12.7. The molecule has 1 aliphatic rings. The van der Waals surface area contributed by atoms with E-state index in [2.05, 4.69) is 47.2 Å². The van der Waals surface area contributed by atoms with Crippen LogP contribution < -0.4 is 5.32 Å². The van der Waals surface area contributed by atoms with E-state index >= 15 is 0 Å². The molecule has 4 heteroatoms. The summed E-state index contributed by atoms with van der Waals surface area (Å²) in [5.41, 5.74) is 1.61. The first-order valence-corrected chi connectivity index (χ1v) is 10.2. The number of nitrogens with one attached hydrogen (secondary N) is 1. The molecule has 114 valence electrons. The minimum atomic E-state index is 0.363. The molecule has 1 N–H and O–H groups in total. The molecule has 1 nitrogen and oxygen atoms in total. The maximum absolute atomic E-state index is 3.68. The van der Waals surface area contributed by atoms with Crippen molar-refractivity contribution in [3.05, 3.63) is 41.7 Å². The van der Waals surface area contributed by atoms with Crippen LogP contribution in [0.25, 0.3) is 0 Å². The molecule has 0 aromatic carbocycles. The Balaban J connectivity index is 1.93. The molecule has 0 saturated heterocycles. The fraction of sp³-hybridized carbons (Fsp3) is 0.529. The SMILES string of the molecule is CCNC(c1cc(Br)c(C)s1)c1cc2c(s1)CCCCC2. The predicted octanol–water partition coefficient (Wildman–Crippen LogP) is 5.85. The average Bonchev–Trinajstić information content (AvgIpc) is 2.93. The van der Waals surface area contributed by atoms with Crippen LogP contribution in [0.1, 0.15) is 57.3 Å². The molecule has 2 aromatic rings. The van der Waals surface area contributed by atoms with Crippen molar-refractivity contribution >= 4 is 38.6 Å². The Morgan fingerprint density at radius 3 is 2.62 bits per heavy atom. The monoisotopic (exact) mass is 383 g/mol. The third kappa shape index (κ3) is 3.44. The number of halogens is 1. The highest BCUT2D eigenvalue weighted by Crippen LogP contribution is 2.38. The van der Waals surface area contributed by atoms with Gasteiger partial charge in [0.25, 0.3) is 0 Å². The van der Waals surface area contributed by atoms with Gasteiger partial charge >= 0.3 is 0 Å². The van der Waals surface area contributed by atoms with Crippen molar-refractivity contribution in [2.45, 2.75) is 52.0 Å². The Bertz CT molecular complexity index is 571. The van der Waals surface area contributed by atoms with Crippen molar-refractivity contribution in [1.29, 1.82) is 0 Å². The molecule has 0 spiro atoms. The van der Waals surface area contributed by atoms with E-state index in [1.54, 1.807) is 10.4 Å². The van der Waals surface area contributed by atoms with Crippen LogP contribution in [0.2, 0.25) is 0 Å². The standard InChI is InChI=1S/C17H22BrNS2/c1-3-19-17(16-10-13(18)11(2)20-16)15-9-12-7-5-4-6-8-14(12)21-15/h9-10,17,19H,3-8H2,1-2H3. The summed E-state index contributed by atoms with van der Waals surface area (Å²) in [5.74, 6) is 0. The molecule has 0 fully saturated rings. The van der Waals surface area contributed by atoms with Crippen LogP contribution in [0, 0.1) is 6.92 Å². The van der Waals surface area contributed by atoms with Gasteiger partial charge in [-0.25, -0.2) is 0 Å². The van der Waals surface area contributed by atoms with Crippen molar-refractivity contribution in [1.82, 2.24) is 5.32 Å². The highest BCUT2D eigenvalue weighted by Gasteiger charge is 2.21. The van der Waals surface area contributed by atoms with Gasteiger partial charge in [-0.2, -0.15) is 0 Å². The summed E-state index contributed by atoms with van der Waals surface area (Å²) in [4.78, 5) is 5.93. The summed E-state index contributed by atoms with van der Waals surface area (Å²) in [6.45, 7) is 5.38. The van der Waals surface area contributed by atoms with Crippen LogP contribution in [-0.2, 0) is 12.8 Å². The summed E-state index contributed by atoms with van der Waals surface area (Å²) < 4.78 is 1.24.